The molecule has 1 unspecified atom stereocenters. The maximum atomic E-state index is 12.1. The van der Waals surface area contributed by atoms with E-state index < -0.39 is 23.7 Å². The van der Waals surface area contributed by atoms with Gasteiger partial charge in [-0.1, -0.05) is 6.92 Å². The summed E-state index contributed by atoms with van der Waals surface area (Å²) < 4.78 is 24.3. The summed E-state index contributed by atoms with van der Waals surface area (Å²) in [6.45, 7) is 1.38. The lowest BCUT2D eigenvalue weighted by atomic mass is 9.88. The largest absolute Gasteiger partial charge is 0.481 e. The number of carboxylic acids is 1. The molecule has 0 aromatic rings. The van der Waals surface area contributed by atoms with Crippen molar-refractivity contribution in [2.24, 2.45) is 5.41 Å². The van der Waals surface area contributed by atoms with Crippen molar-refractivity contribution < 1.29 is 18.7 Å². The van der Waals surface area contributed by atoms with Gasteiger partial charge in [0.15, 0.2) is 0 Å². The lowest BCUT2D eigenvalue weighted by Gasteiger charge is -2.23. The number of aliphatic carboxylic acids is 1. The van der Waals surface area contributed by atoms with Gasteiger partial charge >= 0.3 is 5.97 Å². The maximum Gasteiger partial charge on any atom is 0.316 e. The van der Waals surface area contributed by atoms with Crippen molar-refractivity contribution in [1.29, 1.82) is 0 Å². The first-order valence-corrected chi connectivity index (χ1v) is 3.62. The summed E-state index contributed by atoms with van der Waals surface area (Å²) in [5, 5.41) is 8.43. The Morgan fingerprint density at radius 1 is 1.73 bits per heavy atom. The zero-order valence-electron chi connectivity index (χ0n) is 5.98. The fraction of sp³-hybridized carbons (Fsp3) is 0.833. The summed E-state index contributed by atoms with van der Waals surface area (Å²) >= 11 is 5.15. The zero-order valence-corrected chi connectivity index (χ0v) is 6.74. The van der Waals surface area contributed by atoms with Crippen molar-refractivity contribution in [3.05, 3.63) is 0 Å². The molecule has 0 aliphatic carbocycles. The van der Waals surface area contributed by atoms with Crippen LogP contribution in [0.25, 0.3) is 0 Å². The summed E-state index contributed by atoms with van der Waals surface area (Å²) in [5.74, 6) is -2.10. The van der Waals surface area contributed by atoms with Crippen molar-refractivity contribution in [2.75, 3.05) is 5.88 Å². The zero-order chi connectivity index (χ0) is 9.07. The molecule has 1 N–H and O–H groups in total. The highest BCUT2D eigenvalue weighted by Crippen LogP contribution is 2.31. The lowest BCUT2D eigenvalue weighted by molar-refractivity contribution is -0.157. The molecule has 0 amide bonds. The molecule has 0 aliphatic heterocycles. The van der Waals surface area contributed by atoms with E-state index in [-0.39, 0.29) is 6.42 Å². The topological polar surface area (TPSA) is 37.3 Å². The van der Waals surface area contributed by atoms with Crippen LogP contribution in [0.3, 0.4) is 0 Å². The molecule has 0 bridgehead atoms. The van der Waals surface area contributed by atoms with Crippen LogP contribution in [0, 0.1) is 5.41 Å². The van der Waals surface area contributed by atoms with Crippen LogP contribution in [-0.4, -0.2) is 23.4 Å². The number of halogens is 3. The van der Waals surface area contributed by atoms with E-state index in [0.717, 1.165) is 0 Å². The third kappa shape index (κ3) is 1.80. The quantitative estimate of drug-likeness (QED) is 0.682. The highest BCUT2D eigenvalue weighted by atomic mass is 35.5. The summed E-state index contributed by atoms with van der Waals surface area (Å²) in [6.07, 6.45) is -3.08. The van der Waals surface area contributed by atoms with Gasteiger partial charge in [0, 0.05) is 5.88 Å². The molecule has 0 saturated carbocycles. The van der Waals surface area contributed by atoms with Crippen molar-refractivity contribution >= 4 is 17.6 Å². The second-order valence-electron chi connectivity index (χ2n) is 2.25. The minimum absolute atomic E-state index is 0.163. The van der Waals surface area contributed by atoms with Gasteiger partial charge in [0.05, 0.1) is 0 Å². The van der Waals surface area contributed by atoms with E-state index in [1.54, 1.807) is 0 Å². The molecule has 0 rings (SSSR count). The Hall–Kier alpha value is -0.380. The van der Waals surface area contributed by atoms with Crippen LogP contribution in [0.1, 0.15) is 13.3 Å². The second-order valence-corrected chi connectivity index (χ2v) is 2.52. The number of carboxylic acid groups (broad SMARTS) is 1. The fourth-order valence-corrected chi connectivity index (χ4v) is 1.03. The lowest BCUT2D eigenvalue weighted by Crippen LogP contribution is -2.39. The molecule has 2 nitrogen and oxygen atoms in total. The van der Waals surface area contributed by atoms with Crippen LogP contribution in [0.2, 0.25) is 0 Å². The van der Waals surface area contributed by atoms with Crippen molar-refractivity contribution in [3.8, 4) is 0 Å². The Kier molecular flexibility index (Phi) is 3.72. The summed E-state index contributed by atoms with van der Waals surface area (Å²) in [7, 11) is 0. The number of carbonyl (C=O) groups is 1. The van der Waals surface area contributed by atoms with E-state index in [4.69, 9.17) is 16.7 Å². The Morgan fingerprint density at radius 2 is 2.18 bits per heavy atom. The van der Waals surface area contributed by atoms with Gasteiger partial charge in [0.25, 0.3) is 6.43 Å². The predicted octanol–water partition coefficient (Wildman–Crippen LogP) is 1.97. The minimum atomic E-state index is -2.91. The molecule has 1 atom stereocenters. The number of alkyl halides is 3. The standard InChI is InChI=1S/C6H9ClF2O2/c1-2-6(3-7,4(8)9)5(10)11/h4H,2-3H2,1H3,(H,10,11). The molecule has 0 radical (unpaired) electrons. The highest BCUT2D eigenvalue weighted by molar-refractivity contribution is 6.19. The minimum Gasteiger partial charge on any atom is -0.481 e. The molecule has 0 aliphatic rings. The Balaban J connectivity index is 4.61. The van der Waals surface area contributed by atoms with Crippen molar-refractivity contribution in [1.82, 2.24) is 0 Å². The smallest absolute Gasteiger partial charge is 0.316 e. The number of rotatable bonds is 4. The average molecular weight is 187 g/mol. The Bertz CT molecular complexity index is 146. The molecule has 0 saturated heterocycles. The Morgan fingerprint density at radius 3 is 2.18 bits per heavy atom. The van der Waals surface area contributed by atoms with Crippen LogP contribution in [-0.2, 0) is 4.79 Å². The molecule has 0 aromatic heterocycles. The molecule has 0 spiro atoms. The van der Waals surface area contributed by atoms with Gasteiger partial charge in [-0.3, -0.25) is 4.79 Å². The first kappa shape index (κ1) is 10.6. The monoisotopic (exact) mass is 186 g/mol. The molecule has 66 valence electrons. The van der Waals surface area contributed by atoms with E-state index in [1.807, 2.05) is 0 Å². The maximum absolute atomic E-state index is 12.1. The summed E-state index contributed by atoms with van der Waals surface area (Å²) in [4.78, 5) is 10.4. The SMILES string of the molecule is CCC(CCl)(C(=O)O)C(F)F. The van der Waals surface area contributed by atoms with Crippen LogP contribution < -0.4 is 0 Å². The molecule has 0 aromatic carbocycles. The van der Waals surface area contributed by atoms with Gasteiger partial charge in [0.1, 0.15) is 5.41 Å². The van der Waals surface area contributed by atoms with Gasteiger partial charge in [-0.2, -0.15) is 0 Å². The predicted molar refractivity (Wildman–Crippen MR) is 37.1 cm³/mol. The molecular weight excluding hydrogens is 178 g/mol. The summed E-state index contributed by atoms with van der Waals surface area (Å²) in [5.41, 5.74) is -2.07. The molecule has 0 heterocycles. The molecule has 0 fully saturated rings. The van der Waals surface area contributed by atoms with Crippen molar-refractivity contribution in [2.45, 2.75) is 19.8 Å². The van der Waals surface area contributed by atoms with Gasteiger partial charge in [-0.25, -0.2) is 8.78 Å². The first-order chi connectivity index (χ1) is 5.01. The van der Waals surface area contributed by atoms with Gasteiger partial charge in [-0.15, -0.1) is 11.6 Å². The van der Waals surface area contributed by atoms with E-state index in [9.17, 15) is 13.6 Å². The third-order valence-corrected chi connectivity index (χ3v) is 2.19. The first-order valence-electron chi connectivity index (χ1n) is 3.08. The molecule has 11 heavy (non-hydrogen) atoms. The normalized spacial score (nSPS) is 16.5. The average Bonchev–Trinajstić information content (AvgIpc) is 1.90. The second kappa shape index (κ2) is 3.85. The van der Waals surface area contributed by atoms with Crippen LogP contribution in [0.4, 0.5) is 8.78 Å². The summed E-state index contributed by atoms with van der Waals surface area (Å²) in [6, 6.07) is 0. The fourth-order valence-electron chi connectivity index (χ4n) is 0.609. The highest BCUT2D eigenvalue weighted by Gasteiger charge is 2.45. The number of hydrogen-bond acceptors (Lipinski definition) is 1. The van der Waals surface area contributed by atoms with E-state index in [2.05, 4.69) is 0 Å². The van der Waals surface area contributed by atoms with E-state index >= 15 is 0 Å². The van der Waals surface area contributed by atoms with Gasteiger partial charge in [0.2, 0.25) is 0 Å². The van der Waals surface area contributed by atoms with Gasteiger partial charge in [-0.05, 0) is 6.42 Å². The van der Waals surface area contributed by atoms with Crippen molar-refractivity contribution in [3.63, 3.8) is 0 Å². The van der Waals surface area contributed by atoms with Crippen LogP contribution >= 0.6 is 11.6 Å². The Labute approximate surface area is 68.2 Å². The third-order valence-electron chi connectivity index (χ3n) is 1.71. The van der Waals surface area contributed by atoms with E-state index in [0.29, 0.717) is 0 Å². The number of hydrogen-bond donors (Lipinski definition) is 1. The molecule has 5 heteroatoms. The van der Waals surface area contributed by atoms with Crippen LogP contribution in [0.5, 0.6) is 0 Å². The van der Waals surface area contributed by atoms with E-state index in [1.165, 1.54) is 6.92 Å². The molecular formula is C6H9ClF2O2. The van der Waals surface area contributed by atoms with Gasteiger partial charge < -0.3 is 5.11 Å². The van der Waals surface area contributed by atoms with Crippen LogP contribution in [0.15, 0.2) is 0 Å².